The van der Waals surface area contributed by atoms with Crippen LogP contribution in [0.5, 0.6) is 0 Å². The summed E-state index contributed by atoms with van der Waals surface area (Å²) in [5, 5.41) is 12.7. The van der Waals surface area contributed by atoms with Gasteiger partial charge in [0.05, 0.1) is 6.07 Å². The first-order chi connectivity index (χ1) is 10.0. The molecule has 0 radical (unpaired) electrons. The summed E-state index contributed by atoms with van der Waals surface area (Å²) in [6, 6.07) is 3.12. The third-order valence-electron chi connectivity index (χ3n) is 4.67. The van der Waals surface area contributed by atoms with Crippen LogP contribution < -0.4 is 5.32 Å². The maximum absolute atomic E-state index is 9.32. The first-order valence-corrected chi connectivity index (χ1v) is 8.67. The molecule has 1 aliphatic rings. The molecule has 0 aromatic carbocycles. The quantitative estimate of drug-likeness (QED) is 0.663. The molecule has 1 rings (SSSR count). The molecule has 1 aliphatic heterocycles. The lowest BCUT2D eigenvalue weighted by atomic mass is 9.96. The van der Waals surface area contributed by atoms with E-state index in [0.29, 0.717) is 6.04 Å². The Labute approximate surface area is 131 Å². The number of rotatable bonds is 9. The van der Waals surface area contributed by atoms with E-state index in [0.717, 1.165) is 25.8 Å². The van der Waals surface area contributed by atoms with Crippen LogP contribution in [0.25, 0.3) is 0 Å². The molecule has 0 aliphatic carbocycles. The SMILES string of the molecule is CCCNC(C)(C#N)CCCCN1CCN(CC)C(C)C1. The van der Waals surface area contributed by atoms with Gasteiger partial charge in [-0.25, -0.2) is 0 Å². The fraction of sp³-hybridized carbons (Fsp3) is 0.941. The van der Waals surface area contributed by atoms with Gasteiger partial charge in [-0.1, -0.05) is 13.8 Å². The van der Waals surface area contributed by atoms with Crippen LogP contribution in [0.1, 0.15) is 53.4 Å². The summed E-state index contributed by atoms with van der Waals surface area (Å²) in [6.45, 7) is 15.6. The molecule has 1 N–H and O–H groups in total. The maximum atomic E-state index is 9.32. The van der Waals surface area contributed by atoms with E-state index in [1.165, 1.54) is 39.1 Å². The number of nitrogens with one attached hydrogen (secondary N) is 1. The highest BCUT2D eigenvalue weighted by Gasteiger charge is 2.23. The Morgan fingerprint density at radius 3 is 2.62 bits per heavy atom. The molecule has 0 amide bonds. The molecule has 1 heterocycles. The smallest absolute Gasteiger partial charge is 0.103 e. The van der Waals surface area contributed by atoms with E-state index in [-0.39, 0.29) is 5.54 Å². The third kappa shape index (κ3) is 6.34. The highest BCUT2D eigenvalue weighted by atomic mass is 15.3. The van der Waals surface area contributed by atoms with Gasteiger partial charge in [0, 0.05) is 25.7 Å². The zero-order chi connectivity index (χ0) is 15.7. The molecule has 0 saturated carbocycles. The summed E-state index contributed by atoms with van der Waals surface area (Å²) in [4.78, 5) is 5.14. The Kier molecular flexibility index (Phi) is 8.24. The van der Waals surface area contributed by atoms with Gasteiger partial charge in [0.2, 0.25) is 0 Å². The summed E-state index contributed by atoms with van der Waals surface area (Å²) < 4.78 is 0. The minimum absolute atomic E-state index is 0.343. The van der Waals surface area contributed by atoms with Crippen molar-refractivity contribution in [2.75, 3.05) is 39.3 Å². The Morgan fingerprint density at radius 1 is 1.29 bits per heavy atom. The van der Waals surface area contributed by atoms with Gasteiger partial charge < -0.3 is 4.90 Å². The number of piperazine rings is 1. The number of nitriles is 1. The lowest BCUT2D eigenvalue weighted by Crippen LogP contribution is -2.51. The molecule has 2 atom stereocenters. The molecular formula is C17H34N4. The molecule has 2 unspecified atom stereocenters. The average molecular weight is 294 g/mol. The van der Waals surface area contributed by atoms with Crippen molar-refractivity contribution >= 4 is 0 Å². The number of hydrogen-bond donors (Lipinski definition) is 1. The van der Waals surface area contributed by atoms with Crippen LogP contribution >= 0.6 is 0 Å². The summed E-state index contributed by atoms with van der Waals surface area (Å²) in [5.41, 5.74) is -0.343. The number of likely N-dealkylation sites (N-methyl/N-ethyl adjacent to an activating group) is 1. The van der Waals surface area contributed by atoms with Gasteiger partial charge in [0.1, 0.15) is 5.54 Å². The molecule has 0 aromatic heterocycles. The zero-order valence-electron chi connectivity index (χ0n) is 14.5. The van der Waals surface area contributed by atoms with Crippen LogP contribution in [0.4, 0.5) is 0 Å². The summed E-state index contributed by atoms with van der Waals surface area (Å²) >= 11 is 0. The molecule has 0 bridgehead atoms. The fourth-order valence-corrected chi connectivity index (χ4v) is 3.14. The Morgan fingerprint density at radius 2 is 2.05 bits per heavy atom. The van der Waals surface area contributed by atoms with E-state index in [2.05, 4.69) is 42.0 Å². The summed E-state index contributed by atoms with van der Waals surface area (Å²) in [7, 11) is 0. The fourth-order valence-electron chi connectivity index (χ4n) is 3.14. The summed E-state index contributed by atoms with van der Waals surface area (Å²) in [6.07, 6.45) is 4.36. The predicted octanol–water partition coefficient (Wildman–Crippen LogP) is 2.46. The first kappa shape index (κ1) is 18.4. The minimum Gasteiger partial charge on any atom is -0.301 e. The van der Waals surface area contributed by atoms with Gasteiger partial charge in [-0.05, 0) is 59.2 Å². The van der Waals surface area contributed by atoms with Crippen LogP contribution in [0.2, 0.25) is 0 Å². The van der Waals surface area contributed by atoms with E-state index in [9.17, 15) is 5.26 Å². The van der Waals surface area contributed by atoms with Crippen molar-refractivity contribution in [2.24, 2.45) is 0 Å². The monoisotopic (exact) mass is 294 g/mol. The van der Waals surface area contributed by atoms with Gasteiger partial charge in [-0.15, -0.1) is 0 Å². The van der Waals surface area contributed by atoms with Crippen LogP contribution in [-0.4, -0.2) is 60.6 Å². The van der Waals surface area contributed by atoms with Gasteiger partial charge in [0.25, 0.3) is 0 Å². The van der Waals surface area contributed by atoms with Crippen molar-refractivity contribution in [3.05, 3.63) is 0 Å². The number of hydrogen-bond acceptors (Lipinski definition) is 4. The molecule has 0 spiro atoms. The minimum atomic E-state index is -0.343. The standard InChI is InChI=1S/C17H34N4/c1-5-10-19-17(4,15-18)9-7-8-11-20-12-13-21(6-2)16(3)14-20/h16,19H,5-14H2,1-4H3. The summed E-state index contributed by atoms with van der Waals surface area (Å²) in [5.74, 6) is 0. The lowest BCUT2D eigenvalue weighted by Gasteiger charge is -2.39. The van der Waals surface area contributed by atoms with Gasteiger partial charge in [0.15, 0.2) is 0 Å². The molecule has 4 heteroatoms. The number of nitrogens with zero attached hydrogens (tertiary/aromatic N) is 3. The predicted molar refractivity (Wildman–Crippen MR) is 89.3 cm³/mol. The highest BCUT2D eigenvalue weighted by Crippen LogP contribution is 2.15. The lowest BCUT2D eigenvalue weighted by molar-refractivity contribution is 0.0866. The normalized spacial score (nSPS) is 23.7. The molecule has 0 aromatic rings. The van der Waals surface area contributed by atoms with E-state index < -0.39 is 0 Å². The second-order valence-electron chi connectivity index (χ2n) is 6.61. The van der Waals surface area contributed by atoms with Crippen LogP contribution in [0.15, 0.2) is 0 Å². The van der Waals surface area contributed by atoms with Crippen molar-refractivity contribution in [2.45, 2.75) is 65.0 Å². The van der Waals surface area contributed by atoms with Gasteiger partial charge in [-0.3, -0.25) is 10.2 Å². The Balaban J connectivity index is 2.21. The van der Waals surface area contributed by atoms with Gasteiger partial charge >= 0.3 is 0 Å². The van der Waals surface area contributed by atoms with Crippen molar-refractivity contribution < 1.29 is 0 Å². The van der Waals surface area contributed by atoms with Crippen molar-refractivity contribution in [1.82, 2.24) is 15.1 Å². The second-order valence-corrected chi connectivity index (χ2v) is 6.61. The average Bonchev–Trinajstić information content (AvgIpc) is 2.50. The number of unbranched alkanes of at least 4 members (excludes halogenated alkanes) is 1. The molecule has 1 fully saturated rings. The molecule has 21 heavy (non-hydrogen) atoms. The molecular weight excluding hydrogens is 260 g/mol. The van der Waals surface area contributed by atoms with Crippen LogP contribution in [0.3, 0.4) is 0 Å². The van der Waals surface area contributed by atoms with E-state index in [1.54, 1.807) is 0 Å². The molecule has 4 nitrogen and oxygen atoms in total. The highest BCUT2D eigenvalue weighted by molar-refractivity contribution is 5.03. The van der Waals surface area contributed by atoms with Crippen LogP contribution in [-0.2, 0) is 0 Å². The van der Waals surface area contributed by atoms with Crippen LogP contribution in [0, 0.1) is 11.3 Å². The second kappa shape index (κ2) is 9.40. The molecule has 1 saturated heterocycles. The topological polar surface area (TPSA) is 42.3 Å². The van der Waals surface area contributed by atoms with Crippen molar-refractivity contribution in [3.8, 4) is 6.07 Å². The van der Waals surface area contributed by atoms with Crippen molar-refractivity contribution in [1.29, 1.82) is 5.26 Å². The van der Waals surface area contributed by atoms with E-state index in [1.807, 2.05) is 6.92 Å². The van der Waals surface area contributed by atoms with E-state index >= 15 is 0 Å². The van der Waals surface area contributed by atoms with Crippen molar-refractivity contribution in [3.63, 3.8) is 0 Å². The zero-order valence-corrected chi connectivity index (χ0v) is 14.5. The Hall–Kier alpha value is -0.630. The maximum Gasteiger partial charge on any atom is 0.103 e. The first-order valence-electron chi connectivity index (χ1n) is 8.67. The van der Waals surface area contributed by atoms with Gasteiger partial charge in [-0.2, -0.15) is 5.26 Å². The third-order valence-corrected chi connectivity index (χ3v) is 4.67. The largest absolute Gasteiger partial charge is 0.301 e. The molecule has 122 valence electrons. The Bertz CT molecular complexity index is 325. The van der Waals surface area contributed by atoms with E-state index in [4.69, 9.17) is 0 Å².